The SMILES string of the molecule is CCCCOCC(O)CNCC(C(C)C)C(C)C. The zero-order valence-corrected chi connectivity index (χ0v) is 12.9. The van der Waals surface area contributed by atoms with E-state index in [2.05, 4.69) is 39.9 Å². The summed E-state index contributed by atoms with van der Waals surface area (Å²) in [5.41, 5.74) is 0. The van der Waals surface area contributed by atoms with Gasteiger partial charge in [0.15, 0.2) is 0 Å². The first kappa shape index (κ1) is 17.9. The Hall–Kier alpha value is -0.120. The number of hydrogen-bond donors (Lipinski definition) is 2. The van der Waals surface area contributed by atoms with Crippen LogP contribution >= 0.6 is 0 Å². The number of ether oxygens (including phenoxy) is 1. The predicted octanol–water partition coefficient (Wildman–Crippen LogP) is 2.68. The molecule has 110 valence electrons. The summed E-state index contributed by atoms with van der Waals surface area (Å²) in [6.07, 6.45) is 1.82. The number of aliphatic hydroxyl groups is 1. The molecule has 0 aromatic heterocycles. The summed E-state index contributed by atoms with van der Waals surface area (Å²) >= 11 is 0. The molecule has 0 fully saturated rings. The molecule has 0 radical (unpaired) electrons. The van der Waals surface area contributed by atoms with Gasteiger partial charge in [-0.15, -0.1) is 0 Å². The van der Waals surface area contributed by atoms with Crippen LogP contribution in [0.5, 0.6) is 0 Å². The van der Waals surface area contributed by atoms with Crippen molar-refractivity contribution in [3.8, 4) is 0 Å². The Morgan fingerprint density at radius 3 is 2.17 bits per heavy atom. The highest BCUT2D eigenvalue weighted by Crippen LogP contribution is 2.19. The fourth-order valence-corrected chi connectivity index (χ4v) is 2.18. The molecule has 0 rings (SSSR count). The van der Waals surface area contributed by atoms with Crippen molar-refractivity contribution in [3.05, 3.63) is 0 Å². The zero-order valence-electron chi connectivity index (χ0n) is 12.9. The molecule has 0 aromatic carbocycles. The molecule has 3 heteroatoms. The number of unbranched alkanes of at least 4 members (excludes halogenated alkanes) is 1. The molecule has 0 aliphatic rings. The fraction of sp³-hybridized carbons (Fsp3) is 1.00. The normalized spacial score (nSPS) is 13.8. The topological polar surface area (TPSA) is 41.5 Å². The molecule has 2 N–H and O–H groups in total. The molecular formula is C15H33NO2. The van der Waals surface area contributed by atoms with Gasteiger partial charge in [-0.2, -0.15) is 0 Å². The Kier molecular flexibility index (Phi) is 10.7. The molecule has 3 nitrogen and oxygen atoms in total. The summed E-state index contributed by atoms with van der Waals surface area (Å²) in [6, 6.07) is 0. The fourth-order valence-electron chi connectivity index (χ4n) is 2.18. The van der Waals surface area contributed by atoms with Crippen molar-refractivity contribution in [2.75, 3.05) is 26.3 Å². The molecule has 0 saturated heterocycles. The van der Waals surface area contributed by atoms with Crippen LogP contribution in [0, 0.1) is 17.8 Å². The third kappa shape index (κ3) is 8.90. The van der Waals surface area contributed by atoms with E-state index in [1.807, 2.05) is 0 Å². The molecule has 0 spiro atoms. The Balaban J connectivity index is 3.62. The van der Waals surface area contributed by atoms with Crippen molar-refractivity contribution in [2.24, 2.45) is 17.8 Å². The first-order valence-electron chi connectivity index (χ1n) is 7.45. The lowest BCUT2D eigenvalue weighted by atomic mass is 9.85. The third-order valence-corrected chi connectivity index (χ3v) is 3.43. The Morgan fingerprint density at radius 2 is 1.67 bits per heavy atom. The highest BCUT2D eigenvalue weighted by molar-refractivity contribution is 4.70. The van der Waals surface area contributed by atoms with E-state index in [1.165, 1.54) is 0 Å². The summed E-state index contributed by atoms with van der Waals surface area (Å²) in [5, 5.41) is 13.1. The summed E-state index contributed by atoms with van der Waals surface area (Å²) < 4.78 is 5.40. The second-order valence-electron chi connectivity index (χ2n) is 5.89. The van der Waals surface area contributed by atoms with E-state index < -0.39 is 0 Å². The van der Waals surface area contributed by atoms with Gasteiger partial charge in [0.05, 0.1) is 12.7 Å². The standard InChI is InChI=1S/C15H33NO2/c1-6-7-8-18-11-14(17)9-16-10-15(12(2)3)13(4)5/h12-17H,6-11H2,1-5H3. The van der Waals surface area contributed by atoms with E-state index in [4.69, 9.17) is 4.74 Å². The van der Waals surface area contributed by atoms with Crippen LogP contribution < -0.4 is 5.32 Å². The Bertz CT molecular complexity index is 175. The van der Waals surface area contributed by atoms with Gasteiger partial charge in [-0.1, -0.05) is 41.0 Å². The molecule has 18 heavy (non-hydrogen) atoms. The molecule has 0 heterocycles. The maximum Gasteiger partial charge on any atom is 0.0897 e. The summed E-state index contributed by atoms with van der Waals surface area (Å²) in [6.45, 7) is 14.0. The maximum atomic E-state index is 9.75. The minimum absolute atomic E-state index is 0.387. The van der Waals surface area contributed by atoms with Gasteiger partial charge in [0, 0.05) is 13.2 Å². The van der Waals surface area contributed by atoms with E-state index >= 15 is 0 Å². The zero-order chi connectivity index (χ0) is 14.0. The summed E-state index contributed by atoms with van der Waals surface area (Å²) in [5.74, 6) is 2.02. The lowest BCUT2D eigenvalue weighted by molar-refractivity contribution is 0.0349. The molecule has 1 unspecified atom stereocenters. The first-order chi connectivity index (χ1) is 8.49. The van der Waals surface area contributed by atoms with E-state index in [1.54, 1.807) is 0 Å². The number of hydrogen-bond acceptors (Lipinski definition) is 3. The molecule has 0 amide bonds. The van der Waals surface area contributed by atoms with E-state index in [-0.39, 0.29) is 6.10 Å². The van der Waals surface area contributed by atoms with E-state index in [9.17, 15) is 5.11 Å². The van der Waals surface area contributed by atoms with Gasteiger partial charge in [0.2, 0.25) is 0 Å². The van der Waals surface area contributed by atoms with Gasteiger partial charge in [0.1, 0.15) is 0 Å². The smallest absolute Gasteiger partial charge is 0.0897 e. The highest BCUT2D eigenvalue weighted by Gasteiger charge is 2.17. The van der Waals surface area contributed by atoms with Gasteiger partial charge in [0.25, 0.3) is 0 Å². The van der Waals surface area contributed by atoms with Crippen LogP contribution in [-0.2, 0) is 4.74 Å². The molecule has 1 atom stereocenters. The van der Waals surface area contributed by atoms with Crippen LogP contribution in [0.3, 0.4) is 0 Å². The monoisotopic (exact) mass is 259 g/mol. The van der Waals surface area contributed by atoms with Crippen LogP contribution in [0.2, 0.25) is 0 Å². The average molecular weight is 259 g/mol. The van der Waals surface area contributed by atoms with Crippen molar-refractivity contribution in [1.29, 1.82) is 0 Å². The van der Waals surface area contributed by atoms with Crippen molar-refractivity contribution in [3.63, 3.8) is 0 Å². The molecule has 0 bridgehead atoms. The van der Waals surface area contributed by atoms with Gasteiger partial charge in [-0.25, -0.2) is 0 Å². The molecule has 0 aliphatic carbocycles. The number of rotatable bonds is 11. The second kappa shape index (κ2) is 10.8. The largest absolute Gasteiger partial charge is 0.389 e. The predicted molar refractivity (Wildman–Crippen MR) is 77.8 cm³/mol. The van der Waals surface area contributed by atoms with Crippen LogP contribution in [0.4, 0.5) is 0 Å². The second-order valence-corrected chi connectivity index (χ2v) is 5.89. The van der Waals surface area contributed by atoms with Gasteiger partial charge in [-0.05, 0) is 30.7 Å². The lowest BCUT2D eigenvalue weighted by Gasteiger charge is -2.25. The highest BCUT2D eigenvalue weighted by atomic mass is 16.5. The molecular weight excluding hydrogens is 226 g/mol. The van der Waals surface area contributed by atoms with Gasteiger partial charge < -0.3 is 15.2 Å². The number of nitrogens with one attached hydrogen (secondary N) is 1. The van der Waals surface area contributed by atoms with Crippen molar-refractivity contribution in [1.82, 2.24) is 5.32 Å². The summed E-state index contributed by atoms with van der Waals surface area (Å²) in [7, 11) is 0. The van der Waals surface area contributed by atoms with Crippen molar-refractivity contribution < 1.29 is 9.84 Å². The lowest BCUT2D eigenvalue weighted by Crippen LogP contribution is -2.36. The minimum Gasteiger partial charge on any atom is -0.389 e. The summed E-state index contributed by atoms with van der Waals surface area (Å²) in [4.78, 5) is 0. The van der Waals surface area contributed by atoms with Gasteiger partial charge >= 0.3 is 0 Å². The number of aliphatic hydroxyl groups excluding tert-OH is 1. The van der Waals surface area contributed by atoms with Crippen LogP contribution in [0.25, 0.3) is 0 Å². The minimum atomic E-state index is -0.387. The third-order valence-electron chi connectivity index (χ3n) is 3.43. The quantitative estimate of drug-likeness (QED) is 0.561. The maximum absolute atomic E-state index is 9.75. The molecule has 0 aromatic rings. The van der Waals surface area contributed by atoms with Crippen molar-refractivity contribution >= 4 is 0 Å². The average Bonchev–Trinajstić information content (AvgIpc) is 2.29. The first-order valence-corrected chi connectivity index (χ1v) is 7.45. The van der Waals surface area contributed by atoms with Crippen LogP contribution in [0.1, 0.15) is 47.5 Å². The Morgan fingerprint density at radius 1 is 1.06 bits per heavy atom. The van der Waals surface area contributed by atoms with Crippen LogP contribution in [0.15, 0.2) is 0 Å². The molecule has 0 aliphatic heterocycles. The van der Waals surface area contributed by atoms with E-state index in [0.717, 1.165) is 26.0 Å². The Labute approximate surface area is 113 Å². The van der Waals surface area contributed by atoms with Crippen molar-refractivity contribution in [2.45, 2.75) is 53.6 Å². The van der Waals surface area contributed by atoms with E-state index in [0.29, 0.717) is 30.9 Å². The van der Waals surface area contributed by atoms with Crippen LogP contribution in [-0.4, -0.2) is 37.5 Å². The van der Waals surface area contributed by atoms with Gasteiger partial charge in [-0.3, -0.25) is 0 Å². The molecule has 0 saturated carbocycles.